The van der Waals surface area contributed by atoms with E-state index in [2.05, 4.69) is 0 Å². The maximum atomic E-state index is 13.5. The standard InChI is InChI=1S/C19H16F3NO3/c1-18(11-13-9-5-6-10-14(13)16(24)26-18)17(25)23-15(19(20,21)22)12-7-3-2-4-8-12/h2-10,15H,11H2,1H3,(H,23,25). The summed E-state index contributed by atoms with van der Waals surface area (Å²) in [4.78, 5) is 24.8. The monoisotopic (exact) mass is 363 g/mol. The van der Waals surface area contributed by atoms with Gasteiger partial charge in [-0.2, -0.15) is 13.2 Å². The molecule has 1 N–H and O–H groups in total. The van der Waals surface area contributed by atoms with Crippen molar-refractivity contribution in [1.29, 1.82) is 0 Å². The third-order valence-corrected chi connectivity index (χ3v) is 4.30. The maximum Gasteiger partial charge on any atom is 0.412 e. The summed E-state index contributed by atoms with van der Waals surface area (Å²) in [5.41, 5.74) is -0.943. The van der Waals surface area contributed by atoms with Crippen molar-refractivity contribution in [2.24, 2.45) is 0 Å². The second-order valence-corrected chi connectivity index (χ2v) is 6.31. The zero-order valence-corrected chi connectivity index (χ0v) is 13.8. The summed E-state index contributed by atoms with van der Waals surface area (Å²) in [7, 11) is 0. The van der Waals surface area contributed by atoms with Crippen LogP contribution in [0.3, 0.4) is 0 Å². The largest absolute Gasteiger partial charge is 0.445 e. The fourth-order valence-corrected chi connectivity index (χ4v) is 2.94. The van der Waals surface area contributed by atoms with Gasteiger partial charge >= 0.3 is 12.1 Å². The molecule has 0 aliphatic carbocycles. The van der Waals surface area contributed by atoms with Crippen LogP contribution in [0.5, 0.6) is 0 Å². The van der Waals surface area contributed by atoms with Gasteiger partial charge in [0.05, 0.1) is 5.56 Å². The highest BCUT2D eigenvalue weighted by molar-refractivity contribution is 5.97. The van der Waals surface area contributed by atoms with E-state index in [0.717, 1.165) is 0 Å². The van der Waals surface area contributed by atoms with Crippen molar-refractivity contribution in [2.45, 2.75) is 31.2 Å². The molecule has 2 aromatic rings. The van der Waals surface area contributed by atoms with Gasteiger partial charge in [-0.05, 0) is 24.1 Å². The number of carbonyl (C=O) groups excluding carboxylic acids is 2. The number of carbonyl (C=O) groups is 2. The van der Waals surface area contributed by atoms with E-state index in [-0.39, 0.29) is 12.0 Å². The molecule has 0 fully saturated rings. The maximum absolute atomic E-state index is 13.5. The fraction of sp³-hybridized carbons (Fsp3) is 0.263. The van der Waals surface area contributed by atoms with Crippen molar-refractivity contribution < 1.29 is 27.5 Å². The lowest BCUT2D eigenvalue weighted by Crippen LogP contribution is -2.54. The van der Waals surface area contributed by atoms with Crippen LogP contribution in [0.25, 0.3) is 0 Å². The van der Waals surface area contributed by atoms with Gasteiger partial charge in [0.2, 0.25) is 0 Å². The first-order chi connectivity index (χ1) is 12.2. The van der Waals surface area contributed by atoms with Gasteiger partial charge in [-0.15, -0.1) is 0 Å². The van der Waals surface area contributed by atoms with E-state index in [9.17, 15) is 22.8 Å². The quantitative estimate of drug-likeness (QED) is 0.848. The van der Waals surface area contributed by atoms with Crippen molar-refractivity contribution >= 4 is 11.9 Å². The summed E-state index contributed by atoms with van der Waals surface area (Å²) in [6.45, 7) is 1.31. The van der Waals surface area contributed by atoms with Crippen LogP contribution in [0, 0.1) is 0 Å². The first kappa shape index (κ1) is 18.0. The molecular formula is C19H16F3NO3. The number of hydrogen-bond donors (Lipinski definition) is 1. The Hall–Kier alpha value is -2.83. The zero-order chi connectivity index (χ0) is 18.9. The highest BCUT2D eigenvalue weighted by Gasteiger charge is 2.48. The number of nitrogens with one attached hydrogen (secondary N) is 1. The molecule has 1 amide bonds. The minimum atomic E-state index is -4.69. The summed E-state index contributed by atoms with van der Waals surface area (Å²) in [6.07, 6.45) is -4.69. The second kappa shape index (κ2) is 6.48. The Kier molecular flexibility index (Phi) is 4.48. The minimum absolute atomic E-state index is 0.000113. The van der Waals surface area contributed by atoms with Crippen molar-refractivity contribution in [2.75, 3.05) is 0 Å². The summed E-state index contributed by atoms with van der Waals surface area (Å²) in [5, 5.41) is 1.99. The molecule has 1 aliphatic rings. The lowest BCUT2D eigenvalue weighted by Gasteiger charge is -2.34. The van der Waals surface area contributed by atoms with E-state index >= 15 is 0 Å². The van der Waals surface area contributed by atoms with Crippen molar-refractivity contribution in [3.63, 3.8) is 0 Å². The van der Waals surface area contributed by atoms with Crippen LogP contribution < -0.4 is 5.32 Å². The summed E-state index contributed by atoms with van der Waals surface area (Å²) in [5.74, 6) is -1.72. The molecule has 3 rings (SSSR count). The lowest BCUT2D eigenvalue weighted by molar-refractivity contribution is -0.169. The van der Waals surface area contributed by atoms with Gasteiger partial charge < -0.3 is 10.1 Å². The normalized spacial score (nSPS) is 20.7. The number of esters is 1. The van der Waals surface area contributed by atoms with Gasteiger partial charge in [-0.1, -0.05) is 48.5 Å². The summed E-state index contributed by atoms with van der Waals surface area (Å²) >= 11 is 0. The van der Waals surface area contributed by atoms with E-state index in [0.29, 0.717) is 11.1 Å². The molecule has 136 valence electrons. The summed E-state index contributed by atoms with van der Waals surface area (Å²) < 4.78 is 45.5. The molecule has 4 nitrogen and oxygen atoms in total. The summed E-state index contributed by atoms with van der Waals surface area (Å²) in [6, 6.07) is 11.4. The Labute approximate surface area is 148 Å². The lowest BCUT2D eigenvalue weighted by atomic mass is 9.89. The van der Waals surface area contributed by atoms with Crippen molar-refractivity contribution in [3.05, 3.63) is 71.3 Å². The van der Waals surface area contributed by atoms with Gasteiger partial charge in [-0.3, -0.25) is 4.79 Å². The molecule has 26 heavy (non-hydrogen) atoms. The van der Waals surface area contributed by atoms with Crippen LogP contribution in [0.4, 0.5) is 13.2 Å². The van der Waals surface area contributed by atoms with Crippen LogP contribution in [-0.2, 0) is 16.0 Å². The molecule has 0 saturated heterocycles. The number of amides is 1. The number of halogens is 3. The Morgan fingerprint density at radius 3 is 2.38 bits per heavy atom. The van der Waals surface area contributed by atoms with Crippen molar-refractivity contribution in [3.8, 4) is 0 Å². The number of alkyl halides is 3. The Morgan fingerprint density at radius 2 is 1.73 bits per heavy atom. The molecule has 2 aromatic carbocycles. The van der Waals surface area contributed by atoms with E-state index < -0.39 is 29.7 Å². The fourth-order valence-electron chi connectivity index (χ4n) is 2.94. The zero-order valence-electron chi connectivity index (χ0n) is 13.8. The van der Waals surface area contributed by atoms with E-state index in [1.807, 2.05) is 5.32 Å². The van der Waals surface area contributed by atoms with Gasteiger partial charge in [0.15, 0.2) is 11.6 Å². The smallest absolute Gasteiger partial charge is 0.412 e. The van der Waals surface area contributed by atoms with Crippen LogP contribution in [0.1, 0.15) is 34.5 Å². The topological polar surface area (TPSA) is 55.4 Å². The molecule has 0 bridgehead atoms. The van der Waals surface area contributed by atoms with Crippen molar-refractivity contribution in [1.82, 2.24) is 5.32 Å². The third-order valence-electron chi connectivity index (χ3n) is 4.30. The first-order valence-electron chi connectivity index (χ1n) is 7.94. The number of fused-ring (bicyclic) bond motifs is 1. The SMILES string of the molecule is CC1(C(=O)NC(c2ccccc2)C(F)(F)F)Cc2ccccc2C(=O)O1. The number of ether oxygens (including phenoxy) is 1. The predicted molar refractivity (Wildman–Crippen MR) is 87.3 cm³/mol. The van der Waals surface area contributed by atoms with E-state index in [1.54, 1.807) is 30.3 Å². The van der Waals surface area contributed by atoms with Gasteiger partial charge in [-0.25, -0.2) is 4.79 Å². The molecule has 2 atom stereocenters. The average molecular weight is 363 g/mol. The van der Waals surface area contributed by atoms with E-state index in [4.69, 9.17) is 4.74 Å². The molecule has 0 saturated carbocycles. The average Bonchev–Trinajstić information content (AvgIpc) is 2.59. The van der Waals surface area contributed by atoms with Gasteiger partial charge in [0.25, 0.3) is 5.91 Å². The number of cyclic esters (lactones) is 1. The first-order valence-corrected chi connectivity index (χ1v) is 7.94. The molecule has 0 aromatic heterocycles. The molecule has 2 unspecified atom stereocenters. The van der Waals surface area contributed by atoms with Crippen LogP contribution in [0.2, 0.25) is 0 Å². The van der Waals surface area contributed by atoms with Crippen LogP contribution in [0.15, 0.2) is 54.6 Å². The number of hydrogen-bond acceptors (Lipinski definition) is 3. The molecule has 0 radical (unpaired) electrons. The van der Waals surface area contributed by atoms with Gasteiger partial charge in [0.1, 0.15) is 0 Å². The second-order valence-electron chi connectivity index (χ2n) is 6.31. The molecule has 1 aliphatic heterocycles. The molecular weight excluding hydrogens is 347 g/mol. The highest BCUT2D eigenvalue weighted by atomic mass is 19.4. The Morgan fingerprint density at radius 1 is 1.12 bits per heavy atom. The Balaban J connectivity index is 1.87. The molecule has 7 heteroatoms. The number of benzene rings is 2. The van der Waals surface area contributed by atoms with E-state index in [1.165, 1.54) is 31.2 Å². The predicted octanol–water partition coefficient (Wildman–Crippen LogP) is 3.58. The molecule has 1 heterocycles. The Bertz CT molecular complexity index is 835. The minimum Gasteiger partial charge on any atom is -0.445 e. The molecule has 0 spiro atoms. The third kappa shape index (κ3) is 3.42. The van der Waals surface area contributed by atoms with Crippen LogP contribution >= 0.6 is 0 Å². The van der Waals surface area contributed by atoms with Crippen LogP contribution in [-0.4, -0.2) is 23.7 Å². The number of rotatable bonds is 3. The highest BCUT2D eigenvalue weighted by Crippen LogP contribution is 2.34. The van der Waals surface area contributed by atoms with Gasteiger partial charge in [0, 0.05) is 6.42 Å².